The molecule has 0 spiro atoms. The molecule has 0 saturated carbocycles. The van der Waals surface area contributed by atoms with Gasteiger partial charge in [-0.2, -0.15) is 0 Å². The lowest BCUT2D eigenvalue weighted by Gasteiger charge is -2.32. The molecule has 5 heteroatoms. The van der Waals surface area contributed by atoms with Gasteiger partial charge in [-0.3, -0.25) is 4.79 Å². The number of likely N-dealkylation sites (N-methyl/N-ethyl adjacent to an activating group) is 1. The molecule has 1 amide bonds. The maximum atomic E-state index is 11.6. The van der Waals surface area contributed by atoms with Crippen molar-refractivity contribution in [2.75, 3.05) is 46.8 Å². The average Bonchev–Trinajstić information content (AvgIpc) is 2.41. The Labute approximate surface area is 130 Å². The summed E-state index contributed by atoms with van der Waals surface area (Å²) < 4.78 is 0. The van der Waals surface area contributed by atoms with E-state index in [1.54, 1.807) is 0 Å². The van der Waals surface area contributed by atoms with Crippen molar-refractivity contribution >= 4 is 5.91 Å². The Morgan fingerprint density at radius 1 is 1.43 bits per heavy atom. The summed E-state index contributed by atoms with van der Waals surface area (Å²) in [4.78, 5) is 16.4. The summed E-state index contributed by atoms with van der Waals surface area (Å²) in [6, 6.07) is 0. The van der Waals surface area contributed by atoms with Crippen molar-refractivity contribution in [2.24, 2.45) is 11.7 Å². The Balaban J connectivity index is 2.26. The van der Waals surface area contributed by atoms with Crippen LogP contribution in [-0.4, -0.2) is 68.1 Å². The first-order chi connectivity index (χ1) is 9.87. The van der Waals surface area contributed by atoms with E-state index in [4.69, 9.17) is 5.73 Å². The third-order valence-electron chi connectivity index (χ3n) is 4.74. The second-order valence-corrected chi connectivity index (χ2v) is 6.84. The molecule has 5 nitrogen and oxygen atoms in total. The van der Waals surface area contributed by atoms with Crippen LogP contribution in [-0.2, 0) is 4.79 Å². The molecule has 0 radical (unpaired) electrons. The van der Waals surface area contributed by atoms with Gasteiger partial charge in [-0.15, -0.1) is 0 Å². The first-order valence-corrected chi connectivity index (χ1v) is 8.29. The highest BCUT2D eigenvalue weighted by Gasteiger charge is 2.29. The Kier molecular flexibility index (Phi) is 7.63. The maximum Gasteiger partial charge on any atom is 0.237 e. The van der Waals surface area contributed by atoms with Crippen LogP contribution >= 0.6 is 0 Å². The number of hydrogen-bond donors (Lipinski definition) is 2. The molecule has 1 atom stereocenters. The van der Waals surface area contributed by atoms with Crippen LogP contribution < -0.4 is 11.1 Å². The zero-order chi connectivity index (χ0) is 15.9. The van der Waals surface area contributed by atoms with Crippen LogP contribution in [0.3, 0.4) is 0 Å². The molecule has 0 aromatic heterocycles. The minimum absolute atomic E-state index is 0.248. The number of nitrogens with one attached hydrogen (secondary N) is 1. The summed E-state index contributed by atoms with van der Waals surface area (Å²) in [7, 11) is 4.39. The second-order valence-electron chi connectivity index (χ2n) is 6.84. The van der Waals surface area contributed by atoms with Gasteiger partial charge in [-0.1, -0.05) is 6.92 Å². The fraction of sp³-hybridized carbons (Fsp3) is 0.938. The van der Waals surface area contributed by atoms with Gasteiger partial charge >= 0.3 is 0 Å². The van der Waals surface area contributed by atoms with Crippen LogP contribution in [0.15, 0.2) is 0 Å². The number of primary amides is 1. The molecule has 3 N–H and O–H groups in total. The fourth-order valence-electron chi connectivity index (χ4n) is 3.17. The number of likely N-dealkylation sites (tertiary alicyclic amines) is 1. The average molecular weight is 298 g/mol. The number of carbonyl (C=O) groups excluding carboxylic acids is 1. The standard InChI is InChI=1S/C16H34N4O/c1-5-18-16(2,15(17)21)9-6-10-20(4)13-14-7-11-19(3)12-8-14/h14,18H,5-13H2,1-4H3,(H2,17,21). The minimum atomic E-state index is -0.566. The highest BCUT2D eigenvalue weighted by molar-refractivity contribution is 5.84. The van der Waals surface area contributed by atoms with E-state index in [1.165, 1.54) is 32.5 Å². The number of carbonyl (C=O) groups is 1. The smallest absolute Gasteiger partial charge is 0.237 e. The number of rotatable bonds is 9. The molecule has 1 rings (SSSR count). The van der Waals surface area contributed by atoms with Crippen LogP contribution in [0.5, 0.6) is 0 Å². The van der Waals surface area contributed by atoms with E-state index in [2.05, 4.69) is 29.2 Å². The zero-order valence-electron chi connectivity index (χ0n) is 14.3. The molecule has 0 aromatic carbocycles. The van der Waals surface area contributed by atoms with Crippen LogP contribution in [0, 0.1) is 5.92 Å². The molecule has 1 aliphatic rings. The number of nitrogens with two attached hydrogens (primary N) is 1. The van der Waals surface area contributed by atoms with Gasteiger partial charge in [0.2, 0.25) is 5.91 Å². The van der Waals surface area contributed by atoms with E-state index in [1.807, 2.05) is 13.8 Å². The van der Waals surface area contributed by atoms with Gasteiger partial charge in [-0.25, -0.2) is 0 Å². The Morgan fingerprint density at radius 3 is 2.57 bits per heavy atom. The van der Waals surface area contributed by atoms with Gasteiger partial charge in [0.05, 0.1) is 5.54 Å². The predicted molar refractivity (Wildman–Crippen MR) is 88.2 cm³/mol. The van der Waals surface area contributed by atoms with Gasteiger partial charge in [0.25, 0.3) is 0 Å². The topological polar surface area (TPSA) is 61.6 Å². The van der Waals surface area contributed by atoms with Crippen molar-refractivity contribution in [3.05, 3.63) is 0 Å². The third kappa shape index (κ3) is 6.32. The maximum absolute atomic E-state index is 11.6. The minimum Gasteiger partial charge on any atom is -0.368 e. The van der Waals surface area contributed by atoms with Gasteiger partial charge in [0, 0.05) is 6.54 Å². The van der Waals surface area contributed by atoms with E-state index in [0.717, 1.165) is 31.8 Å². The van der Waals surface area contributed by atoms with Crippen LogP contribution in [0.1, 0.15) is 39.5 Å². The van der Waals surface area contributed by atoms with E-state index >= 15 is 0 Å². The summed E-state index contributed by atoms with van der Waals surface area (Å²) >= 11 is 0. The van der Waals surface area contributed by atoms with E-state index in [-0.39, 0.29) is 5.91 Å². The van der Waals surface area contributed by atoms with Crippen molar-refractivity contribution < 1.29 is 4.79 Å². The normalized spacial score (nSPS) is 20.6. The molecule has 124 valence electrons. The predicted octanol–water partition coefficient (Wildman–Crippen LogP) is 0.894. The first kappa shape index (κ1) is 18.4. The monoisotopic (exact) mass is 298 g/mol. The molecule has 0 aromatic rings. The number of amides is 1. The highest BCUT2D eigenvalue weighted by atomic mass is 16.1. The number of piperidine rings is 1. The molecule has 1 unspecified atom stereocenters. The van der Waals surface area contributed by atoms with Crippen LogP contribution in [0.25, 0.3) is 0 Å². The lowest BCUT2D eigenvalue weighted by molar-refractivity contribution is -0.124. The lowest BCUT2D eigenvalue weighted by atomic mass is 9.94. The number of hydrogen-bond acceptors (Lipinski definition) is 4. The highest BCUT2D eigenvalue weighted by Crippen LogP contribution is 2.17. The van der Waals surface area contributed by atoms with Gasteiger partial charge < -0.3 is 20.9 Å². The molecule has 1 saturated heterocycles. The molecule has 1 fully saturated rings. The largest absolute Gasteiger partial charge is 0.368 e. The molecule has 0 aliphatic carbocycles. The molecule has 0 bridgehead atoms. The first-order valence-electron chi connectivity index (χ1n) is 8.29. The lowest BCUT2D eigenvalue weighted by Crippen LogP contribution is -2.53. The van der Waals surface area contributed by atoms with Gasteiger partial charge in [-0.05, 0) is 78.8 Å². The summed E-state index contributed by atoms with van der Waals surface area (Å²) in [6.45, 7) is 9.33. The molecular formula is C16H34N4O. The Bertz CT molecular complexity index is 315. The van der Waals surface area contributed by atoms with Crippen molar-refractivity contribution in [2.45, 2.75) is 45.1 Å². The summed E-state index contributed by atoms with van der Waals surface area (Å²) in [5.41, 5.74) is 4.95. The van der Waals surface area contributed by atoms with Gasteiger partial charge in [0.15, 0.2) is 0 Å². The van der Waals surface area contributed by atoms with E-state index in [9.17, 15) is 4.79 Å². The second kappa shape index (κ2) is 8.71. The Morgan fingerprint density at radius 2 is 2.05 bits per heavy atom. The van der Waals surface area contributed by atoms with Crippen molar-refractivity contribution in [3.63, 3.8) is 0 Å². The summed E-state index contributed by atoms with van der Waals surface area (Å²) in [5, 5.41) is 3.22. The van der Waals surface area contributed by atoms with Crippen LogP contribution in [0.4, 0.5) is 0 Å². The Hall–Kier alpha value is -0.650. The van der Waals surface area contributed by atoms with Crippen LogP contribution in [0.2, 0.25) is 0 Å². The van der Waals surface area contributed by atoms with Crippen molar-refractivity contribution in [3.8, 4) is 0 Å². The fourth-order valence-corrected chi connectivity index (χ4v) is 3.17. The molecule has 21 heavy (non-hydrogen) atoms. The third-order valence-corrected chi connectivity index (χ3v) is 4.74. The SMILES string of the molecule is CCNC(C)(CCCN(C)CC1CCN(C)CC1)C(N)=O. The van der Waals surface area contributed by atoms with E-state index in [0.29, 0.717) is 0 Å². The summed E-state index contributed by atoms with van der Waals surface area (Å²) in [6.07, 6.45) is 4.40. The van der Waals surface area contributed by atoms with Crippen molar-refractivity contribution in [1.29, 1.82) is 0 Å². The molecule has 1 aliphatic heterocycles. The quantitative estimate of drug-likeness (QED) is 0.664. The van der Waals surface area contributed by atoms with Crippen molar-refractivity contribution in [1.82, 2.24) is 15.1 Å². The number of nitrogens with zero attached hydrogens (tertiary/aromatic N) is 2. The zero-order valence-corrected chi connectivity index (χ0v) is 14.3. The molecular weight excluding hydrogens is 264 g/mol. The van der Waals surface area contributed by atoms with Gasteiger partial charge in [0.1, 0.15) is 0 Å². The molecule has 1 heterocycles. The summed E-state index contributed by atoms with van der Waals surface area (Å²) in [5.74, 6) is 0.574. The van der Waals surface area contributed by atoms with E-state index < -0.39 is 5.54 Å².